The molecule has 1 aliphatic heterocycles. The van der Waals surface area contributed by atoms with Crippen molar-refractivity contribution in [1.29, 1.82) is 5.41 Å². The van der Waals surface area contributed by atoms with E-state index >= 15 is 0 Å². The smallest absolute Gasteiger partial charge is 0.238 e. The highest BCUT2D eigenvalue weighted by molar-refractivity contribution is 5.93. The third-order valence-electron chi connectivity index (χ3n) is 5.27. The van der Waals surface area contributed by atoms with Gasteiger partial charge in [0.2, 0.25) is 5.91 Å². The largest absolute Gasteiger partial charge is 0.497 e. The van der Waals surface area contributed by atoms with Gasteiger partial charge >= 0.3 is 0 Å². The van der Waals surface area contributed by atoms with Crippen LogP contribution in [-0.2, 0) is 4.79 Å². The van der Waals surface area contributed by atoms with Crippen LogP contribution in [0.15, 0.2) is 49.0 Å². The zero-order chi connectivity index (χ0) is 24.2. The van der Waals surface area contributed by atoms with Gasteiger partial charge in [-0.05, 0) is 43.5 Å². The molecule has 1 aliphatic rings. The molecule has 0 spiro atoms. The molecular formula is C25H35N5O3. The highest BCUT2D eigenvalue weighted by atomic mass is 16.5. The summed E-state index contributed by atoms with van der Waals surface area (Å²) in [6, 6.07) is 13.6. The number of hydrogen-bond donors (Lipinski definition) is 3. The first-order valence-corrected chi connectivity index (χ1v) is 10.9. The van der Waals surface area contributed by atoms with E-state index < -0.39 is 0 Å². The first-order valence-electron chi connectivity index (χ1n) is 10.9. The van der Waals surface area contributed by atoms with Gasteiger partial charge in [-0.15, -0.1) is 0 Å². The van der Waals surface area contributed by atoms with Gasteiger partial charge in [-0.3, -0.25) is 9.69 Å². The summed E-state index contributed by atoms with van der Waals surface area (Å²) < 4.78 is 10.7. The van der Waals surface area contributed by atoms with Crippen molar-refractivity contribution in [3.63, 3.8) is 0 Å². The summed E-state index contributed by atoms with van der Waals surface area (Å²) in [6.07, 6.45) is 1.25. The highest BCUT2D eigenvalue weighted by Crippen LogP contribution is 2.27. The molecule has 0 aromatic heterocycles. The minimum absolute atomic E-state index is 0.0315. The van der Waals surface area contributed by atoms with Crippen molar-refractivity contribution in [2.75, 3.05) is 64.2 Å². The van der Waals surface area contributed by atoms with Gasteiger partial charge in [0.05, 0.1) is 20.8 Å². The number of carbonyl (C=O) groups is 1. The first-order chi connectivity index (χ1) is 15.9. The van der Waals surface area contributed by atoms with Gasteiger partial charge in [0, 0.05) is 61.9 Å². The molecule has 0 radical (unpaired) electrons. The van der Waals surface area contributed by atoms with Crippen molar-refractivity contribution in [1.82, 2.24) is 10.2 Å². The number of amides is 1. The van der Waals surface area contributed by atoms with E-state index in [0.29, 0.717) is 12.3 Å². The van der Waals surface area contributed by atoms with E-state index in [1.807, 2.05) is 36.4 Å². The third-order valence-corrected chi connectivity index (χ3v) is 5.27. The number of nitrogens with zero attached hydrogens (tertiary/aromatic N) is 2. The number of methoxy groups -OCH3 is 2. The molecule has 33 heavy (non-hydrogen) atoms. The predicted molar refractivity (Wildman–Crippen MR) is 136 cm³/mol. The van der Waals surface area contributed by atoms with Crippen LogP contribution in [0.4, 0.5) is 11.4 Å². The second-order valence-electron chi connectivity index (χ2n) is 7.45. The Bertz CT molecular complexity index is 939. The lowest BCUT2D eigenvalue weighted by molar-refractivity contribution is -0.117. The second kappa shape index (κ2) is 13.1. The van der Waals surface area contributed by atoms with Crippen molar-refractivity contribution in [2.24, 2.45) is 0 Å². The van der Waals surface area contributed by atoms with Gasteiger partial charge in [0.15, 0.2) is 0 Å². The van der Waals surface area contributed by atoms with Crippen molar-refractivity contribution in [3.8, 4) is 11.5 Å². The Morgan fingerprint density at radius 2 is 1.82 bits per heavy atom. The van der Waals surface area contributed by atoms with Crippen LogP contribution < -0.4 is 25.0 Å². The SMILES string of the molecule is C=C(NC)c1cc(NC(=O)CN2CCN(c3cccc(OC)c3)CC2)ccc1OC.CC=N. The van der Waals surface area contributed by atoms with E-state index in [2.05, 4.69) is 33.1 Å². The quantitative estimate of drug-likeness (QED) is 0.532. The van der Waals surface area contributed by atoms with Gasteiger partial charge in [0.1, 0.15) is 11.5 Å². The molecule has 8 nitrogen and oxygen atoms in total. The number of carbonyl (C=O) groups excluding carboxylic acids is 1. The van der Waals surface area contributed by atoms with Gasteiger partial charge in [-0.25, -0.2) is 0 Å². The molecule has 1 heterocycles. The van der Waals surface area contributed by atoms with Crippen LogP contribution in [-0.4, -0.2) is 71.0 Å². The zero-order valence-corrected chi connectivity index (χ0v) is 20.0. The van der Waals surface area contributed by atoms with E-state index in [0.717, 1.165) is 54.6 Å². The van der Waals surface area contributed by atoms with Crippen LogP contribution in [0.25, 0.3) is 5.70 Å². The number of ether oxygens (including phenoxy) is 2. The molecule has 0 atom stereocenters. The van der Waals surface area contributed by atoms with Crippen LogP contribution in [0.5, 0.6) is 11.5 Å². The monoisotopic (exact) mass is 453 g/mol. The summed E-state index contributed by atoms with van der Waals surface area (Å²) in [7, 11) is 5.10. The molecule has 1 amide bonds. The fourth-order valence-electron chi connectivity index (χ4n) is 3.53. The number of nitrogens with one attached hydrogen (secondary N) is 3. The van der Waals surface area contributed by atoms with Gasteiger partial charge in [-0.1, -0.05) is 12.6 Å². The Hall–Kier alpha value is -3.52. The molecule has 3 rings (SSSR count). The maximum Gasteiger partial charge on any atom is 0.238 e. The Balaban J connectivity index is 0.00000122. The van der Waals surface area contributed by atoms with Crippen LogP contribution >= 0.6 is 0 Å². The maximum atomic E-state index is 12.6. The molecule has 0 bridgehead atoms. The van der Waals surface area contributed by atoms with Crippen molar-refractivity contribution >= 4 is 29.2 Å². The Morgan fingerprint density at radius 3 is 2.42 bits per heavy atom. The molecule has 2 aromatic rings. The maximum absolute atomic E-state index is 12.6. The normalized spacial score (nSPS) is 13.3. The zero-order valence-electron chi connectivity index (χ0n) is 20.0. The summed E-state index contributed by atoms with van der Waals surface area (Å²) in [5.74, 6) is 1.53. The van der Waals surface area contributed by atoms with Gasteiger partial charge in [-0.2, -0.15) is 0 Å². The number of rotatable bonds is 8. The molecule has 178 valence electrons. The number of piperazine rings is 1. The van der Waals surface area contributed by atoms with Gasteiger partial charge < -0.3 is 30.4 Å². The first kappa shape index (κ1) is 25.7. The second-order valence-corrected chi connectivity index (χ2v) is 7.45. The summed E-state index contributed by atoms with van der Waals surface area (Å²) in [5, 5.41) is 12.1. The molecule has 1 saturated heterocycles. The van der Waals surface area contributed by atoms with E-state index in [-0.39, 0.29) is 5.91 Å². The van der Waals surface area contributed by atoms with Crippen LogP contribution in [0.3, 0.4) is 0 Å². The Morgan fingerprint density at radius 1 is 1.12 bits per heavy atom. The topological polar surface area (TPSA) is 89.9 Å². The number of hydrogen-bond acceptors (Lipinski definition) is 7. The minimum atomic E-state index is -0.0315. The fraction of sp³-hybridized carbons (Fsp3) is 0.360. The molecule has 2 aromatic carbocycles. The lowest BCUT2D eigenvalue weighted by atomic mass is 10.1. The highest BCUT2D eigenvalue weighted by Gasteiger charge is 2.20. The fourth-order valence-corrected chi connectivity index (χ4v) is 3.53. The number of anilines is 2. The van der Waals surface area contributed by atoms with Crippen molar-refractivity contribution in [2.45, 2.75) is 6.92 Å². The molecule has 1 fully saturated rings. The molecule has 0 saturated carbocycles. The number of benzene rings is 2. The average Bonchev–Trinajstić information content (AvgIpc) is 2.84. The van der Waals surface area contributed by atoms with E-state index in [1.54, 1.807) is 28.2 Å². The van der Waals surface area contributed by atoms with Gasteiger partial charge in [0.25, 0.3) is 0 Å². The van der Waals surface area contributed by atoms with Crippen molar-refractivity contribution < 1.29 is 14.3 Å². The molecule has 8 heteroatoms. The predicted octanol–water partition coefficient (Wildman–Crippen LogP) is 3.31. The lowest BCUT2D eigenvalue weighted by Crippen LogP contribution is -2.48. The van der Waals surface area contributed by atoms with E-state index in [4.69, 9.17) is 14.9 Å². The third kappa shape index (κ3) is 7.54. The summed E-state index contributed by atoms with van der Waals surface area (Å²) in [4.78, 5) is 17.1. The summed E-state index contributed by atoms with van der Waals surface area (Å²) in [6.45, 7) is 9.41. The molecule has 3 N–H and O–H groups in total. The van der Waals surface area contributed by atoms with Crippen molar-refractivity contribution in [3.05, 3.63) is 54.6 Å². The Kier molecular flexibility index (Phi) is 10.2. The van der Waals surface area contributed by atoms with E-state index in [9.17, 15) is 4.79 Å². The van der Waals surface area contributed by atoms with Crippen LogP contribution in [0.2, 0.25) is 0 Å². The minimum Gasteiger partial charge on any atom is -0.497 e. The standard InChI is InChI=1S/C23H30N4O3.C2H5N/c1-17(24-2)21-14-18(8-9-22(21)30-4)25-23(28)16-26-10-12-27(13-11-26)19-6-5-7-20(15-19)29-3;1-2-3/h5-9,14-15,24H,1,10-13,16H2,2-4H3,(H,25,28);2-3H,1H3. The van der Waals surface area contributed by atoms with Crippen LogP contribution in [0.1, 0.15) is 12.5 Å². The van der Waals surface area contributed by atoms with E-state index in [1.165, 1.54) is 6.21 Å². The molecule has 0 aliphatic carbocycles. The van der Waals surface area contributed by atoms with Crippen LogP contribution in [0, 0.1) is 5.41 Å². The average molecular weight is 454 g/mol. The lowest BCUT2D eigenvalue weighted by Gasteiger charge is -2.35. The summed E-state index contributed by atoms with van der Waals surface area (Å²) in [5.41, 5.74) is 3.43. The summed E-state index contributed by atoms with van der Waals surface area (Å²) >= 11 is 0. The molecule has 0 unspecified atom stereocenters. The molecular weight excluding hydrogens is 418 g/mol. The Labute approximate surface area is 196 Å².